The zero-order valence-electron chi connectivity index (χ0n) is 12.3. The highest BCUT2D eigenvalue weighted by molar-refractivity contribution is 8.14. The van der Waals surface area contributed by atoms with Crippen molar-refractivity contribution in [2.45, 2.75) is 18.9 Å². The molecule has 1 aromatic rings. The van der Waals surface area contributed by atoms with Gasteiger partial charge in [0.25, 0.3) is 0 Å². The molecule has 1 aromatic carbocycles. The van der Waals surface area contributed by atoms with Crippen LogP contribution in [0, 0.1) is 0 Å². The SMILES string of the molecule is CSCCC(NC(=O)Cc1ccccc1)C(=O)SCC(=O)O. The first kappa shape index (κ1) is 18.6. The van der Waals surface area contributed by atoms with Gasteiger partial charge in [-0.05, 0) is 24.0 Å². The van der Waals surface area contributed by atoms with Gasteiger partial charge < -0.3 is 10.4 Å². The Labute approximate surface area is 138 Å². The molecule has 7 heteroatoms. The van der Waals surface area contributed by atoms with E-state index in [-0.39, 0.29) is 23.2 Å². The molecule has 0 bridgehead atoms. The van der Waals surface area contributed by atoms with Gasteiger partial charge >= 0.3 is 5.97 Å². The Bertz CT molecular complexity index is 508. The Morgan fingerprint density at radius 1 is 1.23 bits per heavy atom. The number of carboxylic acids is 1. The van der Waals surface area contributed by atoms with Crippen LogP contribution in [0.3, 0.4) is 0 Å². The maximum atomic E-state index is 12.0. The van der Waals surface area contributed by atoms with Crippen LogP contribution in [0.15, 0.2) is 30.3 Å². The van der Waals surface area contributed by atoms with Crippen LogP contribution >= 0.6 is 23.5 Å². The number of nitrogens with one attached hydrogen (secondary N) is 1. The summed E-state index contributed by atoms with van der Waals surface area (Å²) in [5.74, 6) is -0.849. The molecule has 2 N–H and O–H groups in total. The van der Waals surface area contributed by atoms with Crippen LogP contribution < -0.4 is 5.32 Å². The summed E-state index contributed by atoms with van der Waals surface area (Å²) in [6.45, 7) is 0. The minimum atomic E-state index is -1.04. The van der Waals surface area contributed by atoms with E-state index in [9.17, 15) is 14.4 Å². The molecular formula is C15H19NO4S2. The zero-order chi connectivity index (χ0) is 16.4. The second kappa shape index (κ2) is 10.3. The summed E-state index contributed by atoms with van der Waals surface area (Å²) in [5.41, 5.74) is 0.870. The van der Waals surface area contributed by atoms with Gasteiger partial charge in [0.05, 0.1) is 18.2 Å². The van der Waals surface area contributed by atoms with Gasteiger partial charge in [0.1, 0.15) is 0 Å². The summed E-state index contributed by atoms with van der Waals surface area (Å²) < 4.78 is 0. The fourth-order valence-corrected chi connectivity index (χ4v) is 2.86. The van der Waals surface area contributed by atoms with Crippen LogP contribution in [0.1, 0.15) is 12.0 Å². The van der Waals surface area contributed by atoms with Crippen molar-refractivity contribution in [1.29, 1.82) is 0 Å². The molecule has 1 rings (SSSR count). The number of carbonyl (C=O) groups is 3. The second-order valence-corrected chi connectivity index (χ2v) is 6.53. The first-order valence-corrected chi connectivity index (χ1v) is 9.11. The third-order valence-corrected chi connectivity index (χ3v) is 4.38. The minimum Gasteiger partial charge on any atom is -0.481 e. The Morgan fingerprint density at radius 3 is 2.50 bits per heavy atom. The van der Waals surface area contributed by atoms with Gasteiger partial charge in [-0.25, -0.2) is 0 Å². The van der Waals surface area contributed by atoms with Crippen LogP contribution in [-0.2, 0) is 20.8 Å². The van der Waals surface area contributed by atoms with Crippen molar-refractivity contribution in [3.63, 3.8) is 0 Å². The van der Waals surface area contributed by atoms with Crippen molar-refractivity contribution in [1.82, 2.24) is 5.32 Å². The molecule has 0 heterocycles. The zero-order valence-corrected chi connectivity index (χ0v) is 13.9. The van der Waals surface area contributed by atoms with Gasteiger partial charge in [-0.15, -0.1) is 0 Å². The molecule has 1 unspecified atom stereocenters. The number of hydrogen-bond acceptors (Lipinski definition) is 5. The van der Waals surface area contributed by atoms with E-state index >= 15 is 0 Å². The molecule has 0 aromatic heterocycles. The average molecular weight is 341 g/mol. The van der Waals surface area contributed by atoms with Crippen LogP contribution in [0.5, 0.6) is 0 Å². The molecule has 0 spiro atoms. The molecule has 0 saturated heterocycles. The number of aliphatic carboxylic acids is 1. The van der Waals surface area contributed by atoms with E-state index < -0.39 is 12.0 Å². The number of benzene rings is 1. The quantitative estimate of drug-likeness (QED) is 0.713. The van der Waals surface area contributed by atoms with Gasteiger partial charge in [-0.2, -0.15) is 11.8 Å². The van der Waals surface area contributed by atoms with Crippen LogP contribution in [0.25, 0.3) is 0 Å². The fraction of sp³-hybridized carbons (Fsp3) is 0.400. The van der Waals surface area contributed by atoms with Crippen LogP contribution in [0.2, 0.25) is 0 Å². The van der Waals surface area contributed by atoms with Gasteiger partial charge in [0.2, 0.25) is 11.0 Å². The van der Waals surface area contributed by atoms with Crippen molar-refractivity contribution in [2.75, 3.05) is 17.8 Å². The van der Waals surface area contributed by atoms with Crippen molar-refractivity contribution >= 4 is 40.5 Å². The lowest BCUT2D eigenvalue weighted by molar-refractivity contribution is -0.134. The number of carboxylic acid groups (broad SMARTS) is 1. The predicted octanol–water partition coefficient (Wildman–Crippen LogP) is 1.81. The summed E-state index contributed by atoms with van der Waals surface area (Å²) in [5, 5.41) is 11.0. The first-order chi connectivity index (χ1) is 10.5. The highest BCUT2D eigenvalue weighted by Gasteiger charge is 2.21. The van der Waals surface area contributed by atoms with Crippen LogP contribution in [0.4, 0.5) is 0 Å². The molecule has 0 aliphatic carbocycles. The van der Waals surface area contributed by atoms with Gasteiger partial charge in [-0.1, -0.05) is 42.1 Å². The van der Waals surface area contributed by atoms with Crippen LogP contribution in [-0.4, -0.2) is 45.9 Å². The topological polar surface area (TPSA) is 83.5 Å². The Hall–Kier alpha value is -1.47. The Balaban J connectivity index is 2.57. The van der Waals surface area contributed by atoms with E-state index in [1.165, 1.54) is 0 Å². The van der Waals surface area contributed by atoms with Crippen molar-refractivity contribution in [2.24, 2.45) is 0 Å². The normalized spacial score (nSPS) is 11.7. The smallest absolute Gasteiger partial charge is 0.313 e. The summed E-state index contributed by atoms with van der Waals surface area (Å²) in [6.07, 6.45) is 2.61. The molecule has 1 atom stereocenters. The number of carbonyl (C=O) groups excluding carboxylic acids is 2. The van der Waals surface area contributed by atoms with Crippen molar-refractivity contribution in [3.8, 4) is 0 Å². The summed E-state index contributed by atoms with van der Waals surface area (Å²) in [7, 11) is 0. The third-order valence-electron chi connectivity index (χ3n) is 2.78. The Morgan fingerprint density at radius 2 is 1.91 bits per heavy atom. The first-order valence-electron chi connectivity index (χ1n) is 6.73. The second-order valence-electron chi connectivity index (χ2n) is 4.57. The molecule has 22 heavy (non-hydrogen) atoms. The molecular weight excluding hydrogens is 322 g/mol. The minimum absolute atomic E-state index is 0.202. The molecule has 0 radical (unpaired) electrons. The van der Waals surface area contributed by atoms with E-state index in [2.05, 4.69) is 5.32 Å². The summed E-state index contributed by atoms with van der Waals surface area (Å²) in [4.78, 5) is 34.6. The standard InChI is InChI=1S/C15H19NO4S2/c1-21-8-7-12(15(20)22-10-14(18)19)16-13(17)9-11-5-3-2-4-6-11/h2-6,12H,7-10H2,1H3,(H,16,17)(H,18,19). The summed E-state index contributed by atoms with van der Waals surface area (Å²) >= 11 is 2.30. The van der Waals surface area contributed by atoms with Gasteiger partial charge in [0.15, 0.2) is 0 Å². The molecule has 0 aliphatic rings. The van der Waals surface area contributed by atoms with E-state index in [4.69, 9.17) is 5.11 Å². The van der Waals surface area contributed by atoms with E-state index in [0.29, 0.717) is 6.42 Å². The highest BCUT2D eigenvalue weighted by atomic mass is 32.2. The number of rotatable bonds is 9. The van der Waals surface area contributed by atoms with Gasteiger partial charge in [0, 0.05) is 0 Å². The lowest BCUT2D eigenvalue weighted by Gasteiger charge is -2.16. The summed E-state index contributed by atoms with van der Waals surface area (Å²) in [6, 6.07) is 8.61. The molecule has 0 aliphatic heterocycles. The average Bonchev–Trinajstić information content (AvgIpc) is 2.50. The number of amides is 1. The molecule has 0 fully saturated rings. The van der Waals surface area contributed by atoms with Gasteiger partial charge in [-0.3, -0.25) is 14.4 Å². The lowest BCUT2D eigenvalue weighted by atomic mass is 10.1. The molecule has 0 saturated carbocycles. The van der Waals surface area contributed by atoms with E-state index in [0.717, 1.165) is 23.1 Å². The maximum absolute atomic E-state index is 12.0. The molecule has 5 nitrogen and oxygen atoms in total. The fourth-order valence-electron chi connectivity index (χ4n) is 1.74. The maximum Gasteiger partial charge on any atom is 0.313 e. The van der Waals surface area contributed by atoms with E-state index in [1.54, 1.807) is 11.8 Å². The number of thioether (sulfide) groups is 2. The van der Waals surface area contributed by atoms with Crippen molar-refractivity contribution < 1.29 is 19.5 Å². The molecule has 1 amide bonds. The largest absolute Gasteiger partial charge is 0.481 e. The predicted molar refractivity (Wildman–Crippen MR) is 90.2 cm³/mol. The van der Waals surface area contributed by atoms with Crippen molar-refractivity contribution in [3.05, 3.63) is 35.9 Å². The lowest BCUT2D eigenvalue weighted by Crippen LogP contribution is -2.41. The highest BCUT2D eigenvalue weighted by Crippen LogP contribution is 2.11. The third kappa shape index (κ3) is 7.51. The monoisotopic (exact) mass is 341 g/mol. The van der Waals surface area contributed by atoms with E-state index in [1.807, 2.05) is 36.6 Å². The Kier molecular flexibility index (Phi) is 8.69. The number of hydrogen-bond donors (Lipinski definition) is 2. The molecule has 120 valence electrons.